The van der Waals surface area contributed by atoms with Crippen LogP contribution in [0.15, 0.2) is 59.2 Å². The predicted octanol–water partition coefficient (Wildman–Crippen LogP) is 7.20. The lowest BCUT2D eigenvalue weighted by Crippen LogP contribution is -2.39. The van der Waals surface area contributed by atoms with Crippen molar-refractivity contribution in [1.29, 1.82) is 0 Å². The summed E-state index contributed by atoms with van der Waals surface area (Å²) in [7, 11) is 0. The molecule has 1 N–H and O–H groups in total. The Labute approximate surface area is 215 Å². The normalized spacial score (nSPS) is 15.3. The lowest BCUT2D eigenvalue weighted by molar-refractivity contribution is 0.211. The van der Waals surface area contributed by atoms with Gasteiger partial charge in [-0.1, -0.05) is 53.0 Å². The highest BCUT2D eigenvalue weighted by Gasteiger charge is 2.22. The van der Waals surface area contributed by atoms with Gasteiger partial charge in [-0.3, -0.25) is 4.90 Å². The summed E-state index contributed by atoms with van der Waals surface area (Å²) in [5.74, 6) is 0.900. The maximum atomic E-state index is 6.45. The number of anilines is 1. The van der Waals surface area contributed by atoms with Crippen LogP contribution in [-0.2, 0) is 6.54 Å². The van der Waals surface area contributed by atoms with E-state index in [0.29, 0.717) is 16.1 Å². The van der Waals surface area contributed by atoms with Gasteiger partial charge in [-0.25, -0.2) is 4.98 Å². The van der Waals surface area contributed by atoms with E-state index in [9.17, 15) is 0 Å². The van der Waals surface area contributed by atoms with Gasteiger partial charge in [-0.2, -0.15) is 9.61 Å². The molecule has 0 aliphatic carbocycles. The van der Waals surface area contributed by atoms with Crippen molar-refractivity contribution in [3.8, 4) is 11.3 Å². The summed E-state index contributed by atoms with van der Waals surface area (Å²) < 4.78 is 2.68. The summed E-state index contributed by atoms with van der Waals surface area (Å²) in [5.41, 5.74) is 3.52. The van der Waals surface area contributed by atoms with Crippen LogP contribution in [0.25, 0.3) is 16.9 Å². The van der Waals surface area contributed by atoms with Crippen LogP contribution < -0.4 is 5.32 Å². The second-order valence-electron chi connectivity index (χ2n) is 8.16. The Hall–Kier alpha value is -1.83. The highest BCUT2D eigenvalue weighted by Crippen LogP contribution is 2.31. The van der Waals surface area contributed by atoms with E-state index in [2.05, 4.69) is 31.2 Å². The molecule has 4 aromatic rings. The molecule has 9 heteroatoms. The Morgan fingerprint density at radius 2 is 1.79 bits per heavy atom. The fourth-order valence-corrected chi connectivity index (χ4v) is 5.15. The number of piperidine rings is 1. The van der Waals surface area contributed by atoms with Gasteiger partial charge in [0, 0.05) is 52.4 Å². The van der Waals surface area contributed by atoms with Crippen molar-refractivity contribution in [3.05, 3.63) is 79.8 Å². The number of likely N-dealkylation sites (tertiary alicyclic amines) is 1. The Bertz CT molecular complexity index is 1300. The first-order valence-corrected chi connectivity index (χ1v) is 12.6. The van der Waals surface area contributed by atoms with Crippen molar-refractivity contribution in [2.24, 2.45) is 0 Å². The lowest BCUT2D eigenvalue weighted by Gasteiger charge is -2.33. The number of hydrogen-bond acceptors (Lipinski definition) is 4. The van der Waals surface area contributed by atoms with Crippen LogP contribution in [0.3, 0.4) is 0 Å². The monoisotopic (exact) mass is 563 g/mol. The first-order chi connectivity index (χ1) is 16.0. The molecule has 1 saturated heterocycles. The summed E-state index contributed by atoms with van der Waals surface area (Å²) in [6, 6.07) is 15.7. The number of aromatic nitrogens is 3. The highest BCUT2D eigenvalue weighted by molar-refractivity contribution is 9.10. The van der Waals surface area contributed by atoms with Crippen molar-refractivity contribution in [1.82, 2.24) is 19.5 Å². The molecule has 0 amide bonds. The minimum atomic E-state index is 0.323. The van der Waals surface area contributed by atoms with Gasteiger partial charge in [0.2, 0.25) is 0 Å². The molecule has 1 fully saturated rings. The summed E-state index contributed by atoms with van der Waals surface area (Å²) in [6.07, 6.45) is 3.78. The fourth-order valence-electron chi connectivity index (χ4n) is 4.20. The molecule has 0 saturated carbocycles. The van der Waals surface area contributed by atoms with Gasteiger partial charge in [0.25, 0.3) is 0 Å². The summed E-state index contributed by atoms with van der Waals surface area (Å²) in [5, 5.41) is 10.3. The third-order valence-corrected chi connectivity index (χ3v) is 7.41. The molecule has 5 nitrogen and oxygen atoms in total. The van der Waals surface area contributed by atoms with Gasteiger partial charge in [0.1, 0.15) is 5.82 Å². The topological polar surface area (TPSA) is 45.5 Å². The second-order valence-corrected chi connectivity index (χ2v) is 10.3. The number of halogens is 4. The van der Waals surface area contributed by atoms with Gasteiger partial charge < -0.3 is 5.32 Å². The van der Waals surface area contributed by atoms with Crippen molar-refractivity contribution in [2.75, 3.05) is 18.4 Å². The van der Waals surface area contributed by atoms with E-state index >= 15 is 0 Å². The molecule has 2 aromatic carbocycles. The number of nitrogens with zero attached hydrogens (tertiary/aromatic N) is 4. The molecule has 1 aliphatic rings. The van der Waals surface area contributed by atoms with Crippen LogP contribution in [0.1, 0.15) is 18.4 Å². The van der Waals surface area contributed by atoms with Crippen LogP contribution in [0.5, 0.6) is 0 Å². The molecule has 170 valence electrons. The molecule has 0 unspecified atom stereocenters. The van der Waals surface area contributed by atoms with Crippen molar-refractivity contribution < 1.29 is 0 Å². The van der Waals surface area contributed by atoms with E-state index in [-0.39, 0.29) is 0 Å². The zero-order valence-corrected chi connectivity index (χ0v) is 21.5. The first kappa shape index (κ1) is 22.9. The number of benzene rings is 2. The first-order valence-electron chi connectivity index (χ1n) is 10.7. The van der Waals surface area contributed by atoms with E-state index < -0.39 is 0 Å². The maximum absolute atomic E-state index is 6.45. The number of rotatable bonds is 5. The predicted molar refractivity (Wildman–Crippen MR) is 140 cm³/mol. The third-order valence-electron chi connectivity index (χ3n) is 5.92. The quantitative estimate of drug-likeness (QED) is 0.278. The smallest absolute Gasteiger partial charge is 0.172 e. The van der Waals surface area contributed by atoms with E-state index in [0.717, 1.165) is 70.3 Å². The molecule has 5 rings (SSSR count). The van der Waals surface area contributed by atoms with Gasteiger partial charge in [-0.15, -0.1) is 0 Å². The van der Waals surface area contributed by atoms with E-state index in [1.165, 1.54) is 0 Å². The van der Waals surface area contributed by atoms with Crippen LogP contribution in [-0.4, -0.2) is 38.6 Å². The van der Waals surface area contributed by atoms with Crippen molar-refractivity contribution in [3.63, 3.8) is 0 Å². The van der Waals surface area contributed by atoms with Crippen LogP contribution in [0, 0.1) is 0 Å². The standard InChI is InChI=1S/C24H21BrCl3N5/c25-19-13-29-33-23(12-22(31-24(19)33)18-3-1-2-4-21(18)28)30-17-7-9-32(10-8-17)14-15-11-16(26)5-6-20(15)27/h1-6,11-13,17,30H,7-10,14H2. The van der Waals surface area contributed by atoms with Crippen molar-refractivity contribution >= 4 is 62.2 Å². The minimum absolute atomic E-state index is 0.323. The van der Waals surface area contributed by atoms with E-state index in [1.807, 2.05) is 53.0 Å². The second kappa shape index (κ2) is 9.80. The lowest BCUT2D eigenvalue weighted by atomic mass is 10.0. The summed E-state index contributed by atoms with van der Waals surface area (Å²) in [6.45, 7) is 2.73. The Morgan fingerprint density at radius 1 is 1.00 bits per heavy atom. The molecular formula is C24H21BrCl3N5. The number of fused-ring (bicyclic) bond motifs is 1. The summed E-state index contributed by atoms with van der Waals surface area (Å²) in [4.78, 5) is 7.21. The van der Waals surface area contributed by atoms with Crippen LogP contribution in [0.2, 0.25) is 15.1 Å². The van der Waals surface area contributed by atoms with Crippen LogP contribution >= 0.6 is 50.7 Å². The SMILES string of the molecule is Clc1ccc(Cl)c(CN2CCC(Nc3cc(-c4ccccc4Cl)nc4c(Br)cnn34)CC2)c1. The molecule has 3 heterocycles. The number of hydrogen-bond donors (Lipinski definition) is 1. The van der Waals surface area contributed by atoms with Crippen molar-refractivity contribution in [2.45, 2.75) is 25.4 Å². The molecule has 0 bridgehead atoms. The third kappa shape index (κ3) is 5.00. The fraction of sp³-hybridized carbons (Fsp3) is 0.250. The minimum Gasteiger partial charge on any atom is -0.367 e. The van der Waals surface area contributed by atoms with Crippen LogP contribution in [0.4, 0.5) is 5.82 Å². The largest absolute Gasteiger partial charge is 0.367 e. The molecule has 33 heavy (non-hydrogen) atoms. The maximum Gasteiger partial charge on any atom is 0.172 e. The van der Waals surface area contributed by atoms with E-state index in [1.54, 1.807) is 6.20 Å². The Balaban J connectivity index is 1.34. The van der Waals surface area contributed by atoms with Gasteiger partial charge >= 0.3 is 0 Å². The zero-order chi connectivity index (χ0) is 22.9. The summed E-state index contributed by atoms with van der Waals surface area (Å²) >= 11 is 22.5. The van der Waals surface area contributed by atoms with Gasteiger partial charge in [0.05, 0.1) is 16.4 Å². The highest BCUT2D eigenvalue weighted by atomic mass is 79.9. The average molecular weight is 566 g/mol. The number of nitrogens with one attached hydrogen (secondary N) is 1. The zero-order valence-electron chi connectivity index (χ0n) is 17.6. The Kier molecular flexibility index (Phi) is 6.81. The molecule has 0 radical (unpaired) electrons. The molecule has 0 atom stereocenters. The van der Waals surface area contributed by atoms with Gasteiger partial charge in [-0.05, 0) is 58.6 Å². The average Bonchev–Trinajstić information content (AvgIpc) is 3.19. The molecule has 0 spiro atoms. The van der Waals surface area contributed by atoms with E-state index in [4.69, 9.17) is 39.8 Å². The molecule has 1 aliphatic heterocycles. The molecular weight excluding hydrogens is 545 g/mol. The Morgan fingerprint density at radius 3 is 2.58 bits per heavy atom. The van der Waals surface area contributed by atoms with Gasteiger partial charge in [0.15, 0.2) is 5.65 Å². The molecule has 2 aromatic heterocycles.